The average Bonchev–Trinajstić information content (AvgIpc) is 2.73. The number of nitrogens with zero attached hydrogens (tertiary/aromatic N) is 4. The summed E-state index contributed by atoms with van der Waals surface area (Å²) in [5, 5.41) is 14.4. The average molecular weight is 366 g/mol. The molecule has 0 aliphatic carbocycles. The number of anilines is 2. The monoisotopic (exact) mass is 366 g/mol. The van der Waals surface area contributed by atoms with Crippen LogP contribution in [0.3, 0.4) is 0 Å². The van der Waals surface area contributed by atoms with Gasteiger partial charge in [-0.1, -0.05) is 12.1 Å². The number of benzene rings is 1. The van der Waals surface area contributed by atoms with E-state index < -0.39 is 0 Å². The second-order valence-electron chi connectivity index (χ2n) is 5.75. The lowest BCUT2D eigenvalue weighted by Gasteiger charge is -2.10. The number of hydrogen-bond acceptors (Lipinski definition) is 8. The Morgan fingerprint density at radius 3 is 2.63 bits per heavy atom. The lowest BCUT2D eigenvalue weighted by atomic mass is 10.1. The van der Waals surface area contributed by atoms with E-state index in [0.29, 0.717) is 24.9 Å². The first-order valence-corrected chi connectivity index (χ1v) is 8.56. The molecule has 8 heteroatoms. The SMILES string of the molecule is COc1ccc(CCNc2cnnc(NCc3cccnc3)n2)cc1OC. The Bertz CT molecular complexity index is 860. The summed E-state index contributed by atoms with van der Waals surface area (Å²) in [5.74, 6) is 2.58. The molecular formula is C19H22N6O2. The van der Waals surface area contributed by atoms with Crippen molar-refractivity contribution >= 4 is 11.8 Å². The molecule has 27 heavy (non-hydrogen) atoms. The van der Waals surface area contributed by atoms with Gasteiger partial charge in [0.25, 0.3) is 0 Å². The predicted molar refractivity (Wildman–Crippen MR) is 103 cm³/mol. The van der Waals surface area contributed by atoms with Gasteiger partial charge in [0.05, 0.1) is 20.4 Å². The molecule has 0 aliphatic heterocycles. The number of nitrogens with one attached hydrogen (secondary N) is 2. The number of aromatic nitrogens is 4. The van der Waals surface area contributed by atoms with Gasteiger partial charge in [-0.2, -0.15) is 10.1 Å². The van der Waals surface area contributed by atoms with E-state index in [0.717, 1.165) is 29.0 Å². The van der Waals surface area contributed by atoms with Crippen LogP contribution in [0.1, 0.15) is 11.1 Å². The van der Waals surface area contributed by atoms with Gasteiger partial charge in [-0.3, -0.25) is 4.98 Å². The topological polar surface area (TPSA) is 94.1 Å². The molecule has 2 heterocycles. The fraction of sp³-hybridized carbons (Fsp3) is 0.263. The molecule has 0 bridgehead atoms. The van der Waals surface area contributed by atoms with Gasteiger partial charge in [0, 0.05) is 25.5 Å². The molecule has 0 saturated heterocycles. The highest BCUT2D eigenvalue weighted by Gasteiger charge is 2.05. The van der Waals surface area contributed by atoms with Crippen LogP contribution < -0.4 is 20.1 Å². The summed E-state index contributed by atoms with van der Waals surface area (Å²) < 4.78 is 10.6. The first kappa shape index (κ1) is 18.4. The molecule has 0 spiro atoms. The number of hydrogen-bond donors (Lipinski definition) is 2. The molecule has 3 rings (SSSR count). The maximum absolute atomic E-state index is 5.33. The summed E-state index contributed by atoms with van der Waals surface area (Å²) in [6.07, 6.45) is 5.95. The molecule has 1 aromatic carbocycles. The van der Waals surface area contributed by atoms with E-state index in [9.17, 15) is 0 Å². The molecule has 0 atom stereocenters. The van der Waals surface area contributed by atoms with Gasteiger partial charge in [0.1, 0.15) is 0 Å². The van der Waals surface area contributed by atoms with Crippen LogP contribution in [0.5, 0.6) is 11.5 Å². The van der Waals surface area contributed by atoms with Gasteiger partial charge >= 0.3 is 0 Å². The van der Waals surface area contributed by atoms with Crippen LogP contribution in [0, 0.1) is 0 Å². The Labute approximate surface area is 158 Å². The third kappa shape index (κ3) is 5.27. The Morgan fingerprint density at radius 1 is 0.963 bits per heavy atom. The van der Waals surface area contributed by atoms with Crippen molar-refractivity contribution in [3.8, 4) is 11.5 Å². The summed E-state index contributed by atoms with van der Waals surface area (Å²) >= 11 is 0. The minimum atomic E-state index is 0.468. The zero-order chi connectivity index (χ0) is 18.9. The van der Waals surface area contributed by atoms with E-state index in [1.54, 1.807) is 32.8 Å². The first-order chi connectivity index (χ1) is 13.3. The van der Waals surface area contributed by atoms with Crippen molar-refractivity contribution in [1.29, 1.82) is 0 Å². The quantitative estimate of drug-likeness (QED) is 0.597. The summed E-state index contributed by atoms with van der Waals surface area (Å²) in [4.78, 5) is 8.50. The van der Waals surface area contributed by atoms with Crippen molar-refractivity contribution in [3.63, 3.8) is 0 Å². The van der Waals surface area contributed by atoms with E-state index >= 15 is 0 Å². The van der Waals surface area contributed by atoms with Crippen molar-refractivity contribution < 1.29 is 9.47 Å². The molecule has 0 saturated carbocycles. The van der Waals surface area contributed by atoms with E-state index in [-0.39, 0.29) is 0 Å². The zero-order valence-corrected chi connectivity index (χ0v) is 15.3. The Hall–Kier alpha value is -3.42. The molecule has 3 aromatic rings. The molecule has 0 radical (unpaired) electrons. The fourth-order valence-electron chi connectivity index (χ4n) is 2.52. The summed E-state index contributed by atoms with van der Waals surface area (Å²) in [7, 11) is 3.26. The van der Waals surface area contributed by atoms with Gasteiger partial charge in [0.15, 0.2) is 17.3 Å². The molecule has 0 unspecified atom stereocenters. The summed E-state index contributed by atoms with van der Waals surface area (Å²) in [6, 6.07) is 9.77. The van der Waals surface area contributed by atoms with Gasteiger partial charge in [-0.25, -0.2) is 0 Å². The molecule has 8 nitrogen and oxygen atoms in total. The van der Waals surface area contributed by atoms with Gasteiger partial charge in [0.2, 0.25) is 5.95 Å². The van der Waals surface area contributed by atoms with Crippen LogP contribution in [0.25, 0.3) is 0 Å². The standard InChI is InChI=1S/C19H22N6O2/c1-26-16-6-5-14(10-17(16)27-2)7-9-21-18-13-23-25-19(24-18)22-12-15-4-3-8-20-11-15/h3-6,8,10-11,13H,7,9,12H2,1-2H3,(H2,21,22,24,25). The summed E-state index contributed by atoms with van der Waals surface area (Å²) in [6.45, 7) is 1.29. The first-order valence-electron chi connectivity index (χ1n) is 8.56. The number of methoxy groups -OCH3 is 2. The third-order valence-electron chi connectivity index (χ3n) is 3.90. The molecule has 0 amide bonds. The Morgan fingerprint density at radius 2 is 1.85 bits per heavy atom. The van der Waals surface area contributed by atoms with Gasteiger partial charge in [-0.05, 0) is 35.7 Å². The molecule has 2 N–H and O–H groups in total. The maximum atomic E-state index is 5.33. The van der Waals surface area contributed by atoms with Gasteiger partial charge < -0.3 is 20.1 Å². The minimum Gasteiger partial charge on any atom is -0.493 e. The number of pyridine rings is 1. The Kier molecular flexibility index (Phi) is 6.35. The highest BCUT2D eigenvalue weighted by molar-refractivity contribution is 5.43. The predicted octanol–water partition coefficient (Wildman–Crippen LogP) is 2.55. The number of rotatable bonds is 9. The van der Waals surface area contributed by atoms with Crippen molar-refractivity contribution in [3.05, 3.63) is 60.0 Å². The van der Waals surface area contributed by atoms with Crippen LogP contribution in [0.2, 0.25) is 0 Å². The highest BCUT2D eigenvalue weighted by atomic mass is 16.5. The van der Waals surface area contributed by atoms with Crippen LogP contribution in [0.15, 0.2) is 48.9 Å². The molecule has 140 valence electrons. The molecule has 0 fully saturated rings. The van der Waals surface area contributed by atoms with Crippen LogP contribution >= 0.6 is 0 Å². The largest absolute Gasteiger partial charge is 0.493 e. The maximum Gasteiger partial charge on any atom is 0.244 e. The number of ether oxygens (including phenoxy) is 2. The third-order valence-corrected chi connectivity index (χ3v) is 3.90. The van der Waals surface area contributed by atoms with Crippen molar-refractivity contribution in [2.24, 2.45) is 0 Å². The second-order valence-corrected chi connectivity index (χ2v) is 5.75. The zero-order valence-electron chi connectivity index (χ0n) is 15.3. The summed E-state index contributed by atoms with van der Waals surface area (Å²) in [5.41, 5.74) is 2.19. The van der Waals surface area contributed by atoms with Crippen molar-refractivity contribution in [1.82, 2.24) is 20.2 Å². The van der Waals surface area contributed by atoms with E-state index in [4.69, 9.17) is 9.47 Å². The van der Waals surface area contributed by atoms with Crippen LogP contribution in [-0.4, -0.2) is 40.9 Å². The van der Waals surface area contributed by atoms with Crippen LogP contribution in [-0.2, 0) is 13.0 Å². The van der Waals surface area contributed by atoms with Gasteiger partial charge in [-0.15, -0.1) is 5.10 Å². The lowest BCUT2D eigenvalue weighted by molar-refractivity contribution is 0.354. The Balaban J connectivity index is 1.52. The lowest BCUT2D eigenvalue weighted by Crippen LogP contribution is -2.10. The van der Waals surface area contributed by atoms with E-state index in [1.165, 1.54) is 0 Å². The highest BCUT2D eigenvalue weighted by Crippen LogP contribution is 2.27. The van der Waals surface area contributed by atoms with E-state index in [2.05, 4.69) is 30.8 Å². The molecular weight excluding hydrogens is 344 g/mol. The van der Waals surface area contributed by atoms with Crippen molar-refractivity contribution in [2.45, 2.75) is 13.0 Å². The van der Waals surface area contributed by atoms with E-state index in [1.807, 2.05) is 30.3 Å². The minimum absolute atomic E-state index is 0.468. The molecule has 2 aromatic heterocycles. The fourth-order valence-corrected chi connectivity index (χ4v) is 2.52. The van der Waals surface area contributed by atoms with Crippen molar-refractivity contribution in [2.75, 3.05) is 31.4 Å². The smallest absolute Gasteiger partial charge is 0.244 e. The molecule has 0 aliphatic rings. The normalized spacial score (nSPS) is 10.3. The second kappa shape index (κ2) is 9.33. The van der Waals surface area contributed by atoms with Crippen LogP contribution in [0.4, 0.5) is 11.8 Å².